The molecule has 2 N–H and O–H groups in total. The fourth-order valence-electron chi connectivity index (χ4n) is 4.04. The van der Waals surface area contributed by atoms with Crippen molar-refractivity contribution in [3.63, 3.8) is 0 Å². The highest BCUT2D eigenvalue weighted by atomic mass is 127. The Morgan fingerprint density at radius 1 is 1.25 bits per heavy atom. The van der Waals surface area contributed by atoms with Crippen LogP contribution in [0.5, 0.6) is 0 Å². The molecular formula is C17H33IN4O2. The zero-order valence-corrected chi connectivity index (χ0v) is 17.3. The Labute approximate surface area is 163 Å². The van der Waals surface area contributed by atoms with E-state index in [-0.39, 0.29) is 24.0 Å². The lowest BCUT2D eigenvalue weighted by atomic mass is 9.95. The number of nitrogens with zero attached hydrogens (tertiary/aromatic N) is 2. The molecule has 0 aromatic heterocycles. The lowest BCUT2D eigenvalue weighted by Crippen LogP contribution is -2.49. The van der Waals surface area contributed by atoms with Gasteiger partial charge in [0.1, 0.15) is 0 Å². The lowest BCUT2D eigenvalue weighted by molar-refractivity contribution is 0.0991. The number of hydrogen-bond acceptors (Lipinski definition) is 4. The third-order valence-corrected chi connectivity index (χ3v) is 5.53. The zero-order valence-electron chi connectivity index (χ0n) is 15.0. The summed E-state index contributed by atoms with van der Waals surface area (Å²) in [6.07, 6.45) is 6.93. The Morgan fingerprint density at radius 3 is 2.62 bits per heavy atom. The predicted octanol–water partition coefficient (Wildman–Crippen LogP) is 1.45. The first kappa shape index (κ1) is 20.2. The van der Waals surface area contributed by atoms with Crippen molar-refractivity contribution >= 4 is 29.9 Å². The quantitative estimate of drug-likeness (QED) is 0.363. The molecule has 3 aliphatic heterocycles. The minimum absolute atomic E-state index is 0. The van der Waals surface area contributed by atoms with E-state index in [0.717, 1.165) is 38.0 Å². The standard InChI is InChI=1S/C17H32N4O2.HI/c1-18-17(20-15-11-14-3-4-16(15)23-14)19-12-13-5-7-21(8-6-13)9-10-22-2;/h13-16H,3-12H2,1-2H3,(H2,18,19,20);1H. The molecule has 3 atom stereocenters. The van der Waals surface area contributed by atoms with Crippen LogP contribution < -0.4 is 10.6 Å². The van der Waals surface area contributed by atoms with Gasteiger partial charge in [-0.15, -0.1) is 24.0 Å². The lowest BCUT2D eigenvalue weighted by Gasteiger charge is -2.32. The first-order chi connectivity index (χ1) is 11.3. The van der Waals surface area contributed by atoms with Gasteiger partial charge < -0.3 is 25.0 Å². The molecule has 3 heterocycles. The molecule has 3 fully saturated rings. The summed E-state index contributed by atoms with van der Waals surface area (Å²) in [4.78, 5) is 6.89. The van der Waals surface area contributed by atoms with Crippen LogP contribution in [0, 0.1) is 5.92 Å². The average molecular weight is 452 g/mol. The molecule has 2 bridgehead atoms. The summed E-state index contributed by atoms with van der Waals surface area (Å²) in [5.41, 5.74) is 0. The van der Waals surface area contributed by atoms with Crippen LogP contribution in [0.1, 0.15) is 32.1 Å². The van der Waals surface area contributed by atoms with Crippen molar-refractivity contribution < 1.29 is 9.47 Å². The van der Waals surface area contributed by atoms with E-state index in [1.54, 1.807) is 7.11 Å². The summed E-state index contributed by atoms with van der Waals surface area (Å²) >= 11 is 0. The van der Waals surface area contributed by atoms with E-state index in [1.807, 2.05) is 7.05 Å². The molecule has 0 aromatic carbocycles. The number of piperidine rings is 1. The molecule has 3 rings (SSSR count). The van der Waals surface area contributed by atoms with Crippen LogP contribution in [0.3, 0.4) is 0 Å². The van der Waals surface area contributed by atoms with E-state index in [9.17, 15) is 0 Å². The third kappa shape index (κ3) is 5.44. The van der Waals surface area contributed by atoms with Gasteiger partial charge in [0.25, 0.3) is 0 Å². The molecule has 3 saturated heterocycles. The Hall–Kier alpha value is -0.120. The van der Waals surface area contributed by atoms with Gasteiger partial charge in [0.15, 0.2) is 5.96 Å². The van der Waals surface area contributed by atoms with Crippen molar-refractivity contribution in [1.82, 2.24) is 15.5 Å². The minimum Gasteiger partial charge on any atom is -0.383 e. The van der Waals surface area contributed by atoms with Crippen molar-refractivity contribution in [1.29, 1.82) is 0 Å². The van der Waals surface area contributed by atoms with Gasteiger partial charge in [-0.2, -0.15) is 0 Å². The van der Waals surface area contributed by atoms with Crippen molar-refractivity contribution in [2.75, 3.05) is 46.9 Å². The van der Waals surface area contributed by atoms with Gasteiger partial charge in [0.05, 0.1) is 24.9 Å². The molecule has 6 nitrogen and oxygen atoms in total. The average Bonchev–Trinajstić information content (AvgIpc) is 3.20. The molecule has 0 amide bonds. The maximum atomic E-state index is 5.91. The molecule has 0 aromatic rings. The van der Waals surface area contributed by atoms with Crippen molar-refractivity contribution in [3.8, 4) is 0 Å². The van der Waals surface area contributed by atoms with Gasteiger partial charge in [-0.25, -0.2) is 0 Å². The first-order valence-electron chi connectivity index (χ1n) is 9.12. The third-order valence-electron chi connectivity index (χ3n) is 5.53. The zero-order chi connectivity index (χ0) is 16.1. The Kier molecular flexibility index (Phi) is 8.53. The van der Waals surface area contributed by atoms with E-state index in [1.165, 1.54) is 38.8 Å². The molecule has 3 aliphatic rings. The fraction of sp³-hybridized carbons (Fsp3) is 0.941. The van der Waals surface area contributed by atoms with Crippen molar-refractivity contribution in [3.05, 3.63) is 0 Å². The molecule has 0 saturated carbocycles. The Balaban J connectivity index is 0.00000208. The van der Waals surface area contributed by atoms with Crippen molar-refractivity contribution in [2.24, 2.45) is 10.9 Å². The van der Waals surface area contributed by atoms with E-state index in [0.29, 0.717) is 18.2 Å². The Morgan fingerprint density at radius 2 is 2.04 bits per heavy atom. The van der Waals surface area contributed by atoms with E-state index in [4.69, 9.17) is 9.47 Å². The SMILES string of the molecule is CN=C(NCC1CCN(CCOC)CC1)NC1CC2CCC1O2.I. The van der Waals surface area contributed by atoms with Crippen LogP contribution in [0.15, 0.2) is 4.99 Å². The second kappa shape index (κ2) is 10.1. The number of aliphatic imine (C=N–C) groups is 1. The second-order valence-corrected chi connectivity index (χ2v) is 7.09. The number of hydrogen-bond donors (Lipinski definition) is 2. The summed E-state index contributed by atoms with van der Waals surface area (Å²) in [6, 6.07) is 0.441. The highest BCUT2D eigenvalue weighted by molar-refractivity contribution is 14.0. The number of halogens is 1. The fourth-order valence-corrected chi connectivity index (χ4v) is 4.04. The van der Waals surface area contributed by atoms with Crippen LogP contribution in [-0.2, 0) is 9.47 Å². The summed E-state index contributed by atoms with van der Waals surface area (Å²) in [7, 11) is 3.63. The van der Waals surface area contributed by atoms with E-state index < -0.39 is 0 Å². The van der Waals surface area contributed by atoms with Gasteiger partial charge in [0.2, 0.25) is 0 Å². The summed E-state index contributed by atoms with van der Waals surface area (Å²) in [5, 5.41) is 7.08. The van der Waals surface area contributed by atoms with Gasteiger partial charge in [0, 0.05) is 27.2 Å². The summed E-state index contributed by atoms with van der Waals surface area (Å²) in [6.45, 7) is 5.28. The van der Waals surface area contributed by atoms with E-state index >= 15 is 0 Å². The van der Waals surface area contributed by atoms with Gasteiger partial charge in [-0.05, 0) is 51.1 Å². The Bertz CT molecular complexity index is 402. The molecule has 3 unspecified atom stereocenters. The molecule has 0 aliphatic carbocycles. The van der Waals surface area contributed by atoms with Crippen LogP contribution in [0.2, 0.25) is 0 Å². The predicted molar refractivity (Wildman–Crippen MR) is 107 cm³/mol. The highest BCUT2D eigenvalue weighted by Crippen LogP contribution is 2.34. The number of rotatable bonds is 6. The number of ether oxygens (including phenoxy) is 2. The highest BCUT2D eigenvalue weighted by Gasteiger charge is 2.41. The van der Waals surface area contributed by atoms with Crippen molar-refractivity contribution in [2.45, 2.75) is 50.4 Å². The summed E-state index contributed by atoms with van der Waals surface area (Å²) in [5.74, 6) is 1.68. The van der Waals surface area contributed by atoms with Crippen LogP contribution in [0.25, 0.3) is 0 Å². The molecule has 140 valence electrons. The summed E-state index contributed by atoms with van der Waals surface area (Å²) < 4.78 is 11.1. The number of nitrogens with one attached hydrogen (secondary N) is 2. The minimum atomic E-state index is 0. The molecule has 7 heteroatoms. The van der Waals surface area contributed by atoms with E-state index in [2.05, 4.69) is 20.5 Å². The monoisotopic (exact) mass is 452 g/mol. The number of methoxy groups -OCH3 is 1. The van der Waals surface area contributed by atoms with Gasteiger partial charge >= 0.3 is 0 Å². The number of guanidine groups is 1. The van der Waals surface area contributed by atoms with Crippen LogP contribution in [-0.4, -0.2) is 76.1 Å². The second-order valence-electron chi connectivity index (χ2n) is 7.09. The topological polar surface area (TPSA) is 58.1 Å². The molecule has 0 spiro atoms. The number of fused-ring (bicyclic) bond motifs is 2. The maximum Gasteiger partial charge on any atom is 0.191 e. The molecular weight excluding hydrogens is 419 g/mol. The molecule has 24 heavy (non-hydrogen) atoms. The normalized spacial score (nSPS) is 31.1. The number of likely N-dealkylation sites (tertiary alicyclic amines) is 1. The first-order valence-corrected chi connectivity index (χ1v) is 9.12. The largest absolute Gasteiger partial charge is 0.383 e. The van der Waals surface area contributed by atoms with Gasteiger partial charge in [-0.3, -0.25) is 4.99 Å². The van der Waals surface area contributed by atoms with Crippen LogP contribution >= 0.6 is 24.0 Å². The molecule has 0 radical (unpaired) electrons. The smallest absolute Gasteiger partial charge is 0.191 e. The maximum absolute atomic E-state index is 5.91. The van der Waals surface area contributed by atoms with Crippen LogP contribution in [0.4, 0.5) is 0 Å². The van der Waals surface area contributed by atoms with Gasteiger partial charge in [-0.1, -0.05) is 0 Å².